The second-order valence-electron chi connectivity index (χ2n) is 6.95. The molecule has 0 radical (unpaired) electrons. The van der Waals surface area contributed by atoms with Crippen molar-refractivity contribution in [1.82, 2.24) is 10.3 Å². The molecule has 1 saturated heterocycles. The number of morpholine rings is 1. The topological polar surface area (TPSA) is 75.7 Å². The van der Waals surface area contributed by atoms with Crippen LogP contribution in [0.4, 0.5) is 16.2 Å². The van der Waals surface area contributed by atoms with E-state index >= 15 is 0 Å². The van der Waals surface area contributed by atoms with Gasteiger partial charge in [0.2, 0.25) is 0 Å². The number of pyridine rings is 1. The molecule has 0 bridgehead atoms. The lowest BCUT2D eigenvalue weighted by Crippen LogP contribution is -2.45. The maximum Gasteiger partial charge on any atom is 0.319 e. The number of benzene rings is 1. The van der Waals surface area contributed by atoms with Crippen molar-refractivity contribution in [2.75, 3.05) is 36.5 Å². The smallest absolute Gasteiger partial charge is 0.319 e. The van der Waals surface area contributed by atoms with E-state index in [1.165, 1.54) is 0 Å². The third kappa shape index (κ3) is 5.85. The van der Waals surface area contributed by atoms with Crippen LogP contribution in [0.2, 0.25) is 0 Å². The molecular weight excluding hydrogens is 356 g/mol. The Morgan fingerprint density at radius 1 is 1.18 bits per heavy atom. The zero-order valence-corrected chi connectivity index (χ0v) is 16.4. The van der Waals surface area contributed by atoms with E-state index in [1.807, 2.05) is 36.4 Å². The number of ether oxygens (including phenoxy) is 2. The van der Waals surface area contributed by atoms with Crippen LogP contribution in [0.15, 0.2) is 48.8 Å². The summed E-state index contributed by atoms with van der Waals surface area (Å²) in [6.45, 7) is 6.81. The number of amides is 2. The molecule has 1 aliphatic rings. The molecule has 1 aliphatic heterocycles. The van der Waals surface area contributed by atoms with Crippen molar-refractivity contribution >= 4 is 17.4 Å². The maximum atomic E-state index is 12.3. The summed E-state index contributed by atoms with van der Waals surface area (Å²) in [4.78, 5) is 18.5. The average Bonchev–Trinajstić information content (AvgIpc) is 2.68. The summed E-state index contributed by atoms with van der Waals surface area (Å²) >= 11 is 0. The Morgan fingerprint density at radius 3 is 2.64 bits per heavy atom. The van der Waals surface area contributed by atoms with Crippen molar-refractivity contribution in [3.8, 4) is 5.75 Å². The number of nitrogens with one attached hydrogen (secondary N) is 2. The van der Waals surface area contributed by atoms with Crippen molar-refractivity contribution < 1.29 is 14.3 Å². The van der Waals surface area contributed by atoms with Crippen molar-refractivity contribution in [3.63, 3.8) is 0 Å². The van der Waals surface area contributed by atoms with Crippen molar-refractivity contribution in [1.29, 1.82) is 0 Å². The SMILES string of the molecule is C[C@@H]1CN(c2ccccc2NC(=O)NCCCOc2ccncc2)C[C@H](C)O1. The Morgan fingerprint density at radius 2 is 1.89 bits per heavy atom. The third-order valence-electron chi connectivity index (χ3n) is 4.44. The first-order valence-electron chi connectivity index (χ1n) is 9.69. The van der Waals surface area contributed by atoms with Gasteiger partial charge < -0.3 is 25.0 Å². The monoisotopic (exact) mass is 384 g/mol. The number of hydrogen-bond donors (Lipinski definition) is 2. The molecule has 2 amide bonds. The molecule has 1 fully saturated rings. The highest BCUT2D eigenvalue weighted by molar-refractivity contribution is 5.93. The Labute approximate surface area is 166 Å². The molecule has 0 aliphatic carbocycles. The first-order valence-corrected chi connectivity index (χ1v) is 9.69. The molecular formula is C21H28N4O3. The number of aromatic nitrogens is 1. The van der Waals surface area contributed by atoms with E-state index in [0.717, 1.165) is 36.6 Å². The molecule has 150 valence electrons. The summed E-state index contributed by atoms with van der Waals surface area (Å²) in [5.41, 5.74) is 1.81. The van der Waals surface area contributed by atoms with E-state index in [9.17, 15) is 4.79 Å². The number of nitrogens with zero attached hydrogens (tertiary/aromatic N) is 2. The fourth-order valence-electron chi connectivity index (χ4n) is 3.29. The number of anilines is 2. The van der Waals surface area contributed by atoms with Crippen LogP contribution in [0, 0.1) is 0 Å². The van der Waals surface area contributed by atoms with Gasteiger partial charge >= 0.3 is 6.03 Å². The predicted octanol–water partition coefficient (Wildman–Crippen LogP) is 3.29. The van der Waals surface area contributed by atoms with Gasteiger partial charge in [-0.15, -0.1) is 0 Å². The van der Waals surface area contributed by atoms with E-state index in [0.29, 0.717) is 13.2 Å². The first-order chi connectivity index (χ1) is 13.6. The lowest BCUT2D eigenvalue weighted by molar-refractivity contribution is -0.00517. The van der Waals surface area contributed by atoms with Crippen LogP contribution in [0.3, 0.4) is 0 Å². The van der Waals surface area contributed by atoms with Gasteiger partial charge in [-0.1, -0.05) is 12.1 Å². The highest BCUT2D eigenvalue weighted by Gasteiger charge is 2.24. The summed E-state index contributed by atoms with van der Waals surface area (Å²) in [5, 5.41) is 5.84. The summed E-state index contributed by atoms with van der Waals surface area (Å²) in [7, 11) is 0. The van der Waals surface area contributed by atoms with Crippen LogP contribution in [0.5, 0.6) is 5.75 Å². The van der Waals surface area contributed by atoms with Crippen LogP contribution in [-0.4, -0.2) is 49.5 Å². The lowest BCUT2D eigenvalue weighted by atomic mass is 10.1. The van der Waals surface area contributed by atoms with Gasteiger partial charge in [-0.3, -0.25) is 4.98 Å². The number of carbonyl (C=O) groups is 1. The standard InChI is InChI=1S/C21H28N4O3/c1-16-14-25(15-17(2)28-16)20-7-4-3-6-19(20)24-21(26)23-10-5-13-27-18-8-11-22-12-9-18/h3-4,6-9,11-12,16-17H,5,10,13-15H2,1-2H3,(H2,23,24,26)/t16-,17+. The van der Waals surface area contributed by atoms with Crippen molar-refractivity contribution in [3.05, 3.63) is 48.8 Å². The van der Waals surface area contributed by atoms with Crippen LogP contribution < -0.4 is 20.3 Å². The second kappa shape index (κ2) is 9.94. The Bertz CT molecular complexity index is 746. The van der Waals surface area contributed by atoms with Gasteiger partial charge in [0.1, 0.15) is 5.75 Å². The van der Waals surface area contributed by atoms with Crippen molar-refractivity contribution in [2.45, 2.75) is 32.5 Å². The van der Waals surface area contributed by atoms with Crippen LogP contribution >= 0.6 is 0 Å². The van der Waals surface area contributed by atoms with Gasteiger partial charge in [0.15, 0.2) is 0 Å². The third-order valence-corrected chi connectivity index (χ3v) is 4.44. The molecule has 2 heterocycles. The zero-order valence-electron chi connectivity index (χ0n) is 16.4. The number of hydrogen-bond acceptors (Lipinski definition) is 5. The minimum Gasteiger partial charge on any atom is -0.493 e. The largest absolute Gasteiger partial charge is 0.493 e. The molecule has 7 heteroatoms. The molecule has 1 aromatic carbocycles. The predicted molar refractivity (Wildman–Crippen MR) is 110 cm³/mol. The number of para-hydroxylation sites is 2. The van der Waals surface area contributed by atoms with Crippen LogP contribution in [0.25, 0.3) is 0 Å². The van der Waals surface area contributed by atoms with E-state index in [4.69, 9.17) is 9.47 Å². The molecule has 2 atom stereocenters. The van der Waals surface area contributed by atoms with Gasteiger partial charge in [-0.2, -0.15) is 0 Å². The molecule has 7 nitrogen and oxygen atoms in total. The maximum absolute atomic E-state index is 12.3. The number of rotatable bonds is 7. The summed E-state index contributed by atoms with van der Waals surface area (Å²) in [6.07, 6.45) is 4.41. The highest BCUT2D eigenvalue weighted by atomic mass is 16.5. The summed E-state index contributed by atoms with van der Waals surface area (Å²) in [5.74, 6) is 0.780. The minimum atomic E-state index is -0.217. The normalized spacial score (nSPS) is 19.1. The highest BCUT2D eigenvalue weighted by Crippen LogP contribution is 2.28. The van der Waals surface area contributed by atoms with Gasteiger partial charge in [0.05, 0.1) is 30.2 Å². The Kier molecular flexibility index (Phi) is 7.08. The van der Waals surface area contributed by atoms with Crippen molar-refractivity contribution in [2.24, 2.45) is 0 Å². The van der Waals surface area contributed by atoms with Crippen LogP contribution in [0.1, 0.15) is 20.3 Å². The van der Waals surface area contributed by atoms with E-state index < -0.39 is 0 Å². The number of urea groups is 1. The molecule has 2 aromatic rings. The summed E-state index contributed by atoms with van der Waals surface area (Å²) < 4.78 is 11.4. The molecule has 28 heavy (non-hydrogen) atoms. The molecule has 0 saturated carbocycles. The van der Waals surface area contributed by atoms with E-state index in [-0.39, 0.29) is 18.2 Å². The fraction of sp³-hybridized carbons (Fsp3) is 0.429. The minimum absolute atomic E-state index is 0.158. The Balaban J connectivity index is 1.46. The molecule has 3 rings (SSSR count). The summed E-state index contributed by atoms with van der Waals surface area (Å²) in [6, 6.07) is 11.3. The van der Waals surface area contributed by atoms with Gasteiger partial charge in [-0.25, -0.2) is 4.79 Å². The number of carbonyl (C=O) groups excluding carboxylic acids is 1. The zero-order chi connectivity index (χ0) is 19.8. The lowest BCUT2D eigenvalue weighted by Gasteiger charge is -2.37. The van der Waals surface area contributed by atoms with E-state index in [2.05, 4.69) is 34.4 Å². The molecule has 0 spiro atoms. The average molecular weight is 384 g/mol. The molecule has 2 N–H and O–H groups in total. The van der Waals surface area contributed by atoms with Gasteiger partial charge in [-0.05, 0) is 44.5 Å². The quantitative estimate of drug-likeness (QED) is 0.717. The van der Waals surface area contributed by atoms with E-state index in [1.54, 1.807) is 12.4 Å². The first kappa shape index (κ1) is 19.9. The van der Waals surface area contributed by atoms with Gasteiger partial charge in [0.25, 0.3) is 0 Å². The van der Waals surface area contributed by atoms with Gasteiger partial charge in [0, 0.05) is 32.0 Å². The van der Waals surface area contributed by atoms with Crippen LogP contribution in [-0.2, 0) is 4.74 Å². The second-order valence-corrected chi connectivity index (χ2v) is 6.95. The Hall–Kier alpha value is -2.80. The molecule has 0 unspecified atom stereocenters. The fourth-order valence-corrected chi connectivity index (χ4v) is 3.29. The molecule has 1 aromatic heterocycles.